The molecule has 0 aliphatic heterocycles. The van der Waals surface area contributed by atoms with E-state index in [9.17, 15) is 4.79 Å². The molecule has 2 nitrogen and oxygen atoms in total. The quantitative estimate of drug-likeness (QED) is 0.709. The lowest BCUT2D eigenvalue weighted by Gasteiger charge is -2.40. The molecular weight excluding hydrogens is 224 g/mol. The molecule has 2 aliphatic rings. The highest BCUT2D eigenvalue weighted by Gasteiger charge is 2.59. The lowest BCUT2D eigenvalue weighted by atomic mass is 9.67. The Morgan fingerprint density at radius 1 is 1.33 bits per heavy atom. The Bertz CT molecular complexity index is 345. The van der Waals surface area contributed by atoms with Crippen LogP contribution in [-0.2, 0) is 9.53 Å². The standard InChI is InChI=1S/C16H28O2/c1-7-15(4,5)18-14(17)16(6)9-12-8-13(16)11(3)10(12)2/h10-13H,7-9H2,1-6H3. The molecule has 5 atom stereocenters. The number of ether oxygens (including phenoxy) is 1. The van der Waals surface area contributed by atoms with E-state index < -0.39 is 0 Å². The van der Waals surface area contributed by atoms with Gasteiger partial charge in [0.25, 0.3) is 0 Å². The summed E-state index contributed by atoms with van der Waals surface area (Å²) in [5.74, 6) is 2.73. The molecule has 0 aromatic rings. The van der Waals surface area contributed by atoms with E-state index in [0.29, 0.717) is 11.8 Å². The van der Waals surface area contributed by atoms with Crippen LogP contribution in [0.1, 0.15) is 60.8 Å². The topological polar surface area (TPSA) is 26.3 Å². The van der Waals surface area contributed by atoms with Gasteiger partial charge in [-0.15, -0.1) is 0 Å². The summed E-state index contributed by atoms with van der Waals surface area (Å²) in [7, 11) is 0. The molecule has 2 bridgehead atoms. The highest BCUT2D eigenvalue weighted by atomic mass is 16.6. The lowest BCUT2D eigenvalue weighted by molar-refractivity contribution is -0.173. The van der Waals surface area contributed by atoms with E-state index in [4.69, 9.17) is 4.74 Å². The van der Waals surface area contributed by atoms with Gasteiger partial charge in [-0.1, -0.05) is 20.8 Å². The summed E-state index contributed by atoms with van der Waals surface area (Å²) >= 11 is 0. The SMILES string of the molecule is CCC(C)(C)OC(=O)C1(C)CC2CC1C(C)C2C. The van der Waals surface area contributed by atoms with E-state index >= 15 is 0 Å². The number of hydrogen-bond donors (Lipinski definition) is 0. The maximum Gasteiger partial charge on any atom is 0.312 e. The fourth-order valence-electron chi connectivity index (χ4n) is 4.03. The number of esters is 1. The van der Waals surface area contributed by atoms with Crippen molar-refractivity contribution < 1.29 is 9.53 Å². The first-order valence-corrected chi connectivity index (χ1v) is 7.44. The lowest BCUT2D eigenvalue weighted by Crippen LogP contribution is -2.43. The summed E-state index contributed by atoms with van der Waals surface area (Å²) in [5, 5.41) is 0. The van der Waals surface area contributed by atoms with Crippen LogP contribution in [0.25, 0.3) is 0 Å². The molecule has 104 valence electrons. The third kappa shape index (κ3) is 1.98. The molecule has 0 spiro atoms. The van der Waals surface area contributed by atoms with Crippen molar-refractivity contribution in [3.8, 4) is 0 Å². The summed E-state index contributed by atoms with van der Waals surface area (Å²) in [4.78, 5) is 12.6. The van der Waals surface area contributed by atoms with Crippen LogP contribution in [0.2, 0.25) is 0 Å². The molecule has 0 saturated heterocycles. The second-order valence-electron chi connectivity index (χ2n) is 7.44. The summed E-state index contributed by atoms with van der Waals surface area (Å²) < 4.78 is 5.77. The Labute approximate surface area is 111 Å². The van der Waals surface area contributed by atoms with Gasteiger partial charge in [-0.05, 0) is 63.7 Å². The molecule has 2 saturated carbocycles. The van der Waals surface area contributed by atoms with Crippen molar-refractivity contribution in [2.75, 3.05) is 0 Å². The fraction of sp³-hybridized carbons (Fsp3) is 0.938. The summed E-state index contributed by atoms with van der Waals surface area (Å²) in [5.41, 5.74) is -0.556. The number of carbonyl (C=O) groups excluding carboxylic acids is 1. The van der Waals surface area contributed by atoms with Gasteiger partial charge in [0.15, 0.2) is 0 Å². The van der Waals surface area contributed by atoms with Crippen LogP contribution in [0.5, 0.6) is 0 Å². The monoisotopic (exact) mass is 252 g/mol. The Kier molecular flexibility index (Phi) is 3.28. The van der Waals surface area contributed by atoms with Crippen LogP contribution in [0, 0.1) is 29.1 Å². The number of fused-ring (bicyclic) bond motifs is 2. The van der Waals surface area contributed by atoms with E-state index in [1.807, 2.05) is 13.8 Å². The van der Waals surface area contributed by atoms with Crippen molar-refractivity contribution in [3.63, 3.8) is 0 Å². The number of rotatable bonds is 3. The van der Waals surface area contributed by atoms with Crippen LogP contribution in [0.4, 0.5) is 0 Å². The summed E-state index contributed by atoms with van der Waals surface area (Å²) in [6.45, 7) is 12.9. The molecular formula is C16H28O2. The Balaban J connectivity index is 2.12. The molecule has 0 amide bonds. The molecule has 0 radical (unpaired) electrons. The van der Waals surface area contributed by atoms with Crippen molar-refractivity contribution in [2.24, 2.45) is 29.1 Å². The molecule has 0 aromatic heterocycles. The molecule has 2 fully saturated rings. The fourth-order valence-corrected chi connectivity index (χ4v) is 4.03. The van der Waals surface area contributed by atoms with Gasteiger partial charge in [0.1, 0.15) is 5.60 Å². The predicted molar refractivity (Wildman–Crippen MR) is 73.1 cm³/mol. The highest BCUT2D eigenvalue weighted by Crippen LogP contribution is 2.61. The van der Waals surface area contributed by atoms with E-state index in [1.54, 1.807) is 0 Å². The third-order valence-corrected chi connectivity index (χ3v) is 5.96. The molecule has 0 N–H and O–H groups in total. The Morgan fingerprint density at radius 2 is 1.94 bits per heavy atom. The van der Waals surface area contributed by atoms with Gasteiger partial charge in [0.05, 0.1) is 5.41 Å². The van der Waals surface area contributed by atoms with E-state index in [2.05, 4.69) is 27.7 Å². The molecule has 5 unspecified atom stereocenters. The first-order chi connectivity index (χ1) is 8.21. The second kappa shape index (κ2) is 4.25. The summed E-state index contributed by atoms with van der Waals surface area (Å²) in [6, 6.07) is 0. The van der Waals surface area contributed by atoms with Crippen molar-refractivity contribution in [2.45, 2.75) is 66.4 Å². The van der Waals surface area contributed by atoms with Crippen LogP contribution in [0.15, 0.2) is 0 Å². The molecule has 2 heteroatoms. The first kappa shape index (κ1) is 13.9. The molecule has 2 aliphatic carbocycles. The predicted octanol–water partition coefficient (Wildman–Crippen LogP) is 4.04. The normalized spacial score (nSPS) is 43.2. The van der Waals surface area contributed by atoms with Gasteiger partial charge < -0.3 is 4.74 Å². The second-order valence-corrected chi connectivity index (χ2v) is 7.44. The largest absolute Gasteiger partial charge is 0.459 e. The maximum absolute atomic E-state index is 12.6. The van der Waals surface area contributed by atoms with Gasteiger partial charge in [0, 0.05) is 0 Å². The Hall–Kier alpha value is -0.530. The van der Waals surface area contributed by atoms with Crippen LogP contribution < -0.4 is 0 Å². The molecule has 0 heterocycles. The number of carbonyl (C=O) groups is 1. The van der Waals surface area contributed by atoms with Gasteiger partial charge in [0.2, 0.25) is 0 Å². The van der Waals surface area contributed by atoms with E-state index in [0.717, 1.165) is 24.7 Å². The van der Waals surface area contributed by atoms with E-state index in [1.165, 1.54) is 6.42 Å². The molecule has 2 rings (SSSR count). The summed E-state index contributed by atoms with van der Waals surface area (Å²) in [6.07, 6.45) is 3.12. The van der Waals surface area contributed by atoms with Crippen LogP contribution >= 0.6 is 0 Å². The van der Waals surface area contributed by atoms with Crippen molar-refractivity contribution in [3.05, 3.63) is 0 Å². The van der Waals surface area contributed by atoms with Gasteiger partial charge >= 0.3 is 5.97 Å². The maximum atomic E-state index is 12.6. The van der Waals surface area contributed by atoms with Crippen LogP contribution in [0.3, 0.4) is 0 Å². The third-order valence-electron chi connectivity index (χ3n) is 5.96. The smallest absolute Gasteiger partial charge is 0.312 e. The van der Waals surface area contributed by atoms with E-state index in [-0.39, 0.29) is 17.0 Å². The minimum Gasteiger partial charge on any atom is -0.459 e. The zero-order chi connectivity index (χ0) is 13.7. The molecule has 0 aromatic carbocycles. The average Bonchev–Trinajstić information content (AvgIpc) is 2.77. The van der Waals surface area contributed by atoms with Crippen molar-refractivity contribution >= 4 is 5.97 Å². The van der Waals surface area contributed by atoms with Crippen LogP contribution in [-0.4, -0.2) is 11.6 Å². The van der Waals surface area contributed by atoms with Gasteiger partial charge in [-0.25, -0.2) is 0 Å². The zero-order valence-electron chi connectivity index (χ0n) is 12.7. The highest BCUT2D eigenvalue weighted by molar-refractivity contribution is 5.78. The zero-order valence-corrected chi connectivity index (χ0v) is 12.7. The van der Waals surface area contributed by atoms with Gasteiger partial charge in [-0.2, -0.15) is 0 Å². The minimum absolute atomic E-state index is 0.0422. The van der Waals surface area contributed by atoms with Crippen molar-refractivity contribution in [1.29, 1.82) is 0 Å². The minimum atomic E-state index is -0.323. The Morgan fingerprint density at radius 3 is 2.39 bits per heavy atom. The van der Waals surface area contributed by atoms with Crippen molar-refractivity contribution in [1.82, 2.24) is 0 Å². The molecule has 18 heavy (non-hydrogen) atoms. The first-order valence-electron chi connectivity index (χ1n) is 7.44. The number of hydrogen-bond acceptors (Lipinski definition) is 2. The average molecular weight is 252 g/mol. The van der Waals surface area contributed by atoms with Gasteiger partial charge in [-0.3, -0.25) is 4.79 Å².